The van der Waals surface area contributed by atoms with E-state index in [0.29, 0.717) is 6.04 Å². The Morgan fingerprint density at radius 2 is 2.05 bits per heavy atom. The van der Waals surface area contributed by atoms with Gasteiger partial charge in [0.2, 0.25) is 0 Å². The summed E-state index contributed by atoms with van der Waals surface area (Å²) in [7, 11) is 2.21. The first-order chi connectivity index (χ1) is 8.97. The first kappa shape index (κ1) is 14.4. The van der Waals surface area contributed by atoms with Crippen molar-refractivity contribution in [2.75, 3.05) is 18.5 Å². The van der Waals surface area contributed by atoms with Gasteiger partial charge in [0.05, 0.1) is 0 Å². The highest BCUT2D eigenvalue weighted by Gasteiger charge is 2.33. The van der Waals surface area contributed by atoms with E-state index in [4.69, 9.17) is 0 Å². The molecule has 2 unspecified atom stereocenters. The largest absolute Gasteiger partial charge is 0.374 e. The molecule has 2 atom stereocenters. The van der Waals surface area contributed by atoms with Gasteiger partial charge in [-0.25, -0.2) is 0 Å². The van der Waals surface area contributed by atoms with Crippen LogP contribution in [0.2, 0.25) is 0 Å². The second-order valence-electron chi connectivity index (χ2n) is 6.50. The van der Waals surface area contributed by atoms with Crippen LogP contribution in [-0.2, 0) is 6.54 Å². The van der Waals surface area contributed by atoms with Gasteiger partial charge in [-0.1, -0.05) is 26.8 Å². The van der Waals surface area contributed by atoms with E-state index in [1.807, 2.05) is 0 Å². The van der Waals surface area contributed by atoms with Gasteiger partial charge in [0.15, 0.2) is 0 Å². The van der Waals surface area contributed by atoms with Gasteiger partial charge >= 0.3 is 0 Å². The predicted molar refractivity (Wildman–Crippen MR) is 83.7 cm³/mol. The zero-order valence-electron chi connectivity index (χ0n) is 13.0. The third-order valence-electron chi connectivity index (χ3n) is 4.25. The van der Waals surface area contributed by atoms with Crippen LogP contribution in [0.25, 0.3) is 0 Å². The van der Waals surface area contributed by atoms with Crippen LogP contribution in [0.5, 0.6) is 0 Å². The van der Waals surface area contributed by atoms with Crippen molar-refractivity contribution >= 4 is 5.69 Å². The molecule has 1 saturated carbocycles. The summed E-state index contributed by atoms with van der Waals surface area (Å²) in [5.41, 5.74) is 4.15. The number of nitrogens with zero attached hydrogens (tertiary/aromatic N) is 1. The van der Waals surface area contributed by atoms with E-state index < -0.39 is 0 Å². The minimum absolute atomic E-state index is 0.540. The Balaban J connectivity index is 1.97. The highest BCUT2D eigenvalue weighted by atomic mass is 15.1. The topological polar surface area (TPSA) is 15.3 Å². The maximum absolute atomic E-state index is 3.49. The summed E-state index contributed by atoms with van der Waals surface area (Å²) >= 11 is 0. The first-order valence-electron chi connectivity index (χ1n) is 7.51. The molecule has 1 aromatic rings. The fourth-order valence-corrected chi connectivity index (χ4v) is 2.54. The minimum atomic E-state index is 0.540. The maximum Gasteiger partial charge on any atom is 0.0366 e. The number of hydrogen-bond donors (Lipinski definition) is 1. The Labute approximate surface area is 118 Å². The van der Waals surface area contributed by atoms with Crippen molar-refractivity contribution in [1.82, 2.24) is 5.32 Å². The van der Waals surface area contributed by atoms with Crippen LogP contribution in [-0.4, -0.2) is 19.6 Å². The molecule has 2 nitrogen and oxygen atoms in total. The highest BCUT2D eigenvalue weighted by Crippen LogP contribution is 2.38. The Kier molecular flexibility index (Phi) is 4.51. The van der Waals surface area contributed by atoms with Crippen LogP contribution in [0.15, 0.2) is 18.2 Å². The molecule has 106 valence electrons. The Morgan fingerprint density at radius 3 is 2.58 bits per heavy atom. The number of benzene rings is 1. The second-order valence-corrected chi connectivity index (χ2v) is 6.50. The molecule has 0 radical (unpaired) electrons. The number of aryl methyl sites for hydroxylation is 1. The second kappa shape index (κ2) is 5.96. The molecular weight excluding hydrogens is 232 g/mol. The number of hydrogen-bond acceptors (Lipinski definition) is 2. The number of nitrogens with one attached hydrogen (secondary N) is 1. The fourth-order valence-electron chi connectivity index (χ4n) is 2.54. The molecule has 1 N–H and O–H groups in total. The van der Waals surface area contributed by atoms with Gasteiger partial charge in [-0.05, 0) is 48.4 Å². The smallest absolute Gasteiger partial charge is 0.0366 e. The normalized spacial score (nSPS) is 21.8. The maximum atomic E-state index is 3.49. The van der Waals surface area contributed by atoms with Crippen molar-refractivity contribution in [3.63, 3.8) is 0 Å². The molecule has 1 aliphatic rings. The summed E-state index contributed by atoms with van der Waals surface area (Å²) in [6, 6.07) is 7.40. The van der Waals surface area contributed by atoms with Gasteiger partial charge in [-0.3, -0.25) is 0 Å². The first-order valence-corrected chi connectivity index (χ1v) is 7.51. The van der Waals surface area contributed by atoms with Gasteiger partial charge in [0.25, 0.3) is 0 Å². The van der Waals surface area contributed by atoms with E-state index in [1.54, 1.807) is 0 Å². The molecule has 0 bridgehead atoms. The van der Waals surface area contributed by atoms with Gasteiger partial charge < -0.3 is 10.2 Å². The Hall–Kier alpha value is -1.02. The Bertz CT molecular complexity index is 425. The molecule has 0 saturated heterocycles. The van der Waals surface area contributed by atoms with Crippen LogP contribution in [0, 0.1) is 18.8 Å². The molecule has 1 fully saturated rings. The molecule has 1 aliphatic carbocycles. The van der Waals surface area contributed by atoms with Crippen molar-refractivity contribution in [3.8, 4) is 0 Å². The van der Waals surface area contributed by atoms with Crippen molar-refractivity contribution in [2.24, 2.45) is 11.8 Å². The summed E-state index contributed by atoms with van der Waals surface area (Å²) in [4.78, 5) is 2.40. The van der Waals surface area contributed by atoms with Gasteiger partial charge in [0, 0.05) is 31.9 Å². The zero-order valence-corrected chi connectivity index (χ0v) is 13.0. The summed E-state index contributed by atoms with van der Waals surface area (Å²) < 4.78 is 0. The van der Waals surface area contributed by atoms with Crippen LogP contribution < -0.4 is 10.2 Å². The lowest BCUT2D eigenvalue weighted by atomic mass is 10.1. The number of anilines is 1. The van der Waals surface area contributed by atoms with Crippen molar-refractivity contribution in [2.45, 2.75) is 46.7 Å². The third-order valence-corrected chi connectivity index (χ3v) is 4.25. The van der Waals surface area contributed by atoms with Crippen molar-refractivity contribution in [3.05, 3.63) is 29.3 Å². The van der Waals surface area contributed by atoms with Gasteiger partial charge in [-0.2, -0.15) is 0 Å². The van der Waals surface area contributed by atoms with E-state index in [-0.39, 0.29) is 0 Å². The van der Waals surface area contributed by atoms with E-state index >= 15 is 0 Å². The molecule has 0 aromatic heterocycles. The van der Waals surface area contributed by atoms with Crippen molar-refractivity contribution in [1.29, 1.82) is 0 Å². The van der Waals surface area contributed by atoms with Gasteiger partial charge in [-0.15, -0.1) is 0 Å². The van der Waals surface area contributed by atoms with Crippen LogP contribution >= 0.6 is 0 Å². The average Bonchev–Trinajstić information content (AvgIpc) is 3.03. The molecule has 1 aromatic carbocycles. The molecule has 2 rings (SSSR count). The molecule has 2 heteroatoms. The van der Waals surface area contributed by atoms with E-state index in [9.17, 15) is 0 Å². The minimum Gasteiger partial charge on any atom is -0.374 e. The summed E-state index contributed by atoms with van der Waals surface area (Å²) in [6.45, 7) is 11.1. The van der Waals surface area contributed by atoms with E-state index in [1.165, 1.54) is 29.8 Å². The number of rotatable bonds is 6. The molecule has 19 heavy (non-hydrogen) atoms. The molecule has 0 amide bonds. The zero-order chi connectivity index (χ0) is 14.0. The lowest BCUT2D eigenvalue weighted by molar-refractivity contribution is 0.587. The monoisotopic (exact) mass is 260 g/mol. The van der Waals surface area contributed by atoms with Gasteiger partial charge in [0.1, 0.15) is 0 Å². The SMILES string of the molecule is Cc1cc(N(C)CC2CC2C)ccc1CNC(C)C. The Morgan fingerprint density at radius 1 is 1.37 bits per heavy atom. The predicted octanol–water partition coefficient (Wildman–Crippen LogP) is 3.59. The van der Waals surface area contributed by atoms with Crippen LogP contribution in [0.4, 0.5) is 5.69 Å². The van der Waals surface area contributed by atoms with E-state index in [0.717, 1.165) is 18.4 Å². The average molecular weight is 260 g/mol. The summed E-state index contributed by atoms with van der Waals surface area (Å²) in [5.74, 6) is 1.84. The third kappa shape index (κ3) is 3.97. The molecule has 0 spiro atoms. The molecule has 0 aliphatic heterocycles. The van der Waals surface area contributed by atoms with E-state index in [2.05, 4.69) is 63.2 Å². The fraction of sp³-hybridized carbons (Fsp3) is 0.647. The molecule has 0 heterocycles. The van der Waals surface area contributed by atoms with Crippen molar-refractivity contribution < 1.29 is 0 Å². The summed E-state index contributed by atoms with van der Waals surface area (Å²) in [5, 5.41) is 3.49. The highest BCUT2D eigenvalue weighted by molar-refractivity contribution is 5.50. The van der Waals surface area contributed by atoms with Crippen LogP contribution in [0.1, 0.15) is 38.3 Å². The lowest BCUT2D eigenvalue weighted by Crippen LogP contribution is -2.23. The standard InChI is InChI=1S/C17H28N2/c1-12(2)18-10-15-6-7-17(9-14(15)4)19(5)11-16-8-13(16)3/h6-7,9,12-13,16,18H,8,10-11H2,1-5H3. The quantitative estimate of drug-likeness (QED) is 0.841. The van der Waals surface area contributed by atoms with Crippen LogP contribution in [0.3, 0.4) is 0 Å². The molecular formula is C17H28N2. The lowest BCUT2D eigenvalue weighted by Gasteiger charge is -2.21. The summed E-state index contributed by atoms with van der Waals surface area (Å²) in [6.07, 6.45) is 1.40.